The molecule has 2 aromatic carbocycles. The van der Waals surface area contributed by atoms with E-state index in [4.69, 9.17) is 16.3 Å². The van der Waals surface area contributed by atoms with E-state index in [0.29, 0.717) is 22.9 Å². The van der Waals surface area contributed by atoms with Crippen LogP contribution in [0.15, 0.2) is 60.0 Å². The van der Waals surface area contributed by atoms with Gasteiger partial charge < -0.3 is 14.5 Å². The Hall–Kier alpha value is -2.90. The van der Waals surface area contributed by atoms with Gasteiger partial charge in [-0.25, -0.2) is 4.39 Å². The minimum atomic E-state index is -0.608. The van der Waals surface area contributed by atoms with Crippen molar-refractivity contribution in [3.63, 3.8) is 0 Å². The largest absolute Gasteiger partial charge is 0.491 e. The van der Waals surface area contributed by atoms with E-state index >= 15 is 0 Å². The number of carbonyl (C=O) groups excluding carboxylic acids is 2. The van der Waals surface area contributed by atoms with E-state index in [1.54, 1.807) is 57.5 Å². The molecule has 0 saturated heterocycles. The van der Waals surface area contributed by atoms with Gasteiger partial charge in [0.25, 0.3) is 5.91 Å². The average Bonchev–Trinajstić information content (AvgIpc) is 3.29. The van der Waals surface area contributed by atoms with Gasteiger partial charge in [0.05, 0.1) is 16.6 Å². The normalized spacial score (nSPS) is 15.5. The van der Waals surface area contributed by atoms with Crippen molar-refractivity contribution in [1.82, 2.24) is 9.80 Å². The molecule has 2 heterocycles. The van der Waals surface area contributed by atoms with Crippen LogP contribution >= 0.6 is 22.9 Å². The molecule has 0 saturated carbocycles. The summed E-state index contributed by atoms with van der Waals surface area (Å²) in [5.41, 5.74) is 0.787. The monoisotopic (exact) mass is 514 g/mol. The summed E-state index contributed by atoms with van der Waals surface area (Å²) in [4.78, 5) is 31.6. The molecular formula is C27H28ClFN2O3S. The lowest BCUT2D eigenvalue weighted by Crippen LogP contribution is -2.53. The molecular weight excluding hydrogens is 487 g/mol. The Balaban J connectivity index is 1.57. The second-order valence-electron chi connectivity index (χ2n) is 9.46. The van der Waals surface area contributed by atoms with Gasteiger partial charge in [-0.05, 0) is 68.5 Å². The van der Waals surface area contributed by atoms with Crippen LogP contribution in [-0.2, 0) is 11.2 Å². The molecule has 5 nitrogen and oxygen atoms in total. The van der Waals surface area contributed by atoms with Crippen molar-refractivity contribution in [2.24, 2.45) is 0 Å². The van der Waals surface area contributed by atoms with Gasteiger partial charge in [0.1, 0.15) is 24.7 Å². The van der Waals surface area contributed by atoms with E-state index < -0.39 is 5.54 Å². The van der Waals surface area contributed by atoms with Crippen LogP contribution in [0.5, 0.6) is 5.75 Å². The van der Waals surface area contributed by atoms with Crippen LogP contribution in [0, 0.1) is 5.82 Å². The number of hydrogen-bond acceptors (Lipinski definition) is 4. The number of benzene rings is 2. The summed E-state index contributed by atoms with van der Waals surface area (Å²) < 4.78 is 19.5. The number of fused-ring (bicyclic) bond motifs is 1. The fourth-order valence-corrected chi connectivity index (χ4v) is 5.37. The van der Waals surface area contributed by atoms with Gasteiger partial charge in [0.2, 0.25) is 5.91 Å². The van der Waals surface area contributed by atoms with Gasteiger partial charge in [-0.15, -0.1) is 11.3 Å². The topological polar surface area (TPSA) is 49.9 Å². The molecule has 0 radical (unpaired) electrons. The van der Waals surface area contributed by atoms with E-state index in [-0.39, 0.29) is 36.8 Å². The minimum absolute atomic E-state index is 0.0938. The number of ether oxygens (including phenoxy) is 1. The van der Waals surface area contributed by atoms with Crippen LogP contribution in [0.4, 0.5) is 4.39 Å². The number of halogens is 2. The SMILES string of the molecule is CC(C)(C)N(CC(=O)N1CCc2sccc2[C@@H]1COc1cccc(F)c1)C(=O)c1ccccc1Cl. The smallest absolute Gasteiger partial charge is 0.256 e. The summed E-state index contributed by atoms with van der Waals surface area (Å²) in [7, 11) is 0. The highest BCUT2D eigenvalue weighted by atomic mass is 35.5. The number of nitrogens with zero attached hydrogens (tertiary/aromatic N) is 2. The average molecular weight is 515 g/mol. The molecule has 1 aliphatic rings. The molecule has 0 N–H and O–H groups in total. The first kappa shape index (κ1) is 25.2. The van der Waals surface area contributed by atoms with Crippen LogP contribution in [-0.4, -0.2) is 46.8 Å². The summed E-state index contributed by atoms with van der Waals surface area (Å²) in [6.07, 6.45) is 0.739. The van der Waals surface area contributed by atoms with Crippen molar-refractivity contribution in [2.75, 3.05) is 19.7 Å². The number of amides is 2. The lowest BCUT2D eigenvalue weighted by atomic mass is 9.99. The Morgan fingerprint density at radius 2 is 1.94 bits per heavy atom. The summed E-state index contributed by atoms with van der Waals surface area (Å²) in [6, 6.07) is 14.5. The second-order valence-corrected chi connectivity index (χ2v) is 10.9. The minimum Gasteiger partial charge on any atom is -0.491 e. The third-order valence-electron chi connectivity index (χ3n) is 6.07. The van der Waals surface area contributed by atoms with Crippen LogP contribution in [0.25, 0.3) is 0 Å². The molecule has 0 bridgehead atoms. The molecule has 2 amide bonds. The summed E-state index contributed by atoms with van der Waals surface area (Å²) in [5.74, 6) is -0.443. The van der Waals surface area contributed by atoms with E-state index in [1.165, 1.54) is 17.0 Å². The first-order valence-electron chi connectivity index (χ1n) is 11.5. The van der Waals surface area contributed by atoms with E-state index in [2.05, 4.69) is 0 Å². The highest BCUT2D eigenvalue weighted by Gasteiger charge is 2.36. The van der Waals surface area contributed by atoms with Crippen molar-refractivity contribution in [2.45, 2.75) is 38.8 Å². The number of thiophene rings is 1. The third-order valence-corrected chi connectivity index (χ3v) is 7.40. The molecule has 1 aliphatic heterocycles. The second kappa shape index (κ2) is 10.4. The van der Waals surface area contributed by atoms with Crippen molar-refractivity contribution < 1.29 is 18.7 Å². The maximum Gasteiger partial charge on any atom is 0.256 e. The first-order valence-corrected chi connectivity index (χ1v) is 12.7. The number of hydrogen-bond donors (Lipinski definition) is 0. The molecule has 0 fully saturated rings. The fourth-order valence-electron chi connectivity index (χ4n) is 4.23. The Morgan fingerprint density at radius 3 is 2.66 bits per heavy atom. The zero-order chi connectivity index (χ0) is 25.2. The van der Waals surface area contributed by atoms with Crippen LogP contribution in [0.2, 0.25) is 5.02 Å². The molecule has 1 aromatic heterocycles. The molecule has 35 heavy (non-hydrogen) atoms. The Labute approximate surface area is 214 Å². The molecule has 184 valence electrons. The van der Waals surface area contributed by atoms with Gasteiger partial charge in [-0.1, -0.05) is 29.8 Å². The zero-order valence-electron chi connectivity index (χ0n) is 20.0. The lowest BCUT2D eigenvalue weighted by Gasteiger charge is -2.40. The highest BCUT2D eigenvalue weighted by molar-refractivity contribution is 7.10. The molecule has 0 spiro atoms. The van der Waals surface area contributed by atoms with Crippen molar-refractivity contribution in [3.8, 4) is 5.75 Å². The summed E-state index contributed by atoms with van der Waals surface area (Å²) >= 11 is 7.95. The van der Waals surface area contributed by atoms with Gasteiger partial charge in [0.15, 0.2) is 0 Å². The maximum absolute atomic E-state index is 13.7. The molecule has 3 aromatic rings. The number of rotatable bonds is 6. The van der Waals surface area contributed by atoms with Crippen LogP contribution in [0.3, 0.4) is 0 Å². The quantitative estimate of drug-likeness (QED) is 0.406. The summed E-state index contributed by atoms with van der Waals surface area (Å²) in [5, 5.41) is 2.36. The zero-order valence-corrected chi connectivity index (χ0v) is 21.5. The molecule has 1 atom stereocenters. The van der Waals surface area contributed by atoms with Gasteiger partial charge in [-0.3, -0.25) is 9.59 Å². The van der Waals surface area contributed by atoms with Gasteiger partial charge in [0, 0.05) is 23.0 Å². The van der Waals surface area contributed by atoms with E-state index in [0.717, 1.165) is 12.0 Å². The van der Waals surface area contributed by atoms with Gasteiger partial charge >= 0.3 is 0 Å². The lowest BCUT2D eigenvalue weighted by molar-refractivity contribution is -0.136. The molecule has 0 unspecified atom stereocenters. The van der Waals surface area contributed by atoms with Crippen LogP contribution in [0.1, 0.15) is 47.6 Å². The maximum atomic E-state index is 13.7. The Kier molecular flexibility index (Phi) is 7.47. The van der Waals surface area contributed by atoms with Crippen molar-refractivity contribution >= 4 is 34.8 Å². The Bertz CT molecular complexity index is 1220. The standard InChI is InChI=1S/C27H28ClFN2O3S/c1-27(2,3)31(26(33)20-9-4-5-10-22(20)28)16-25(32)30-13-11-24-21(12-14-35-24)23(30)17-34-19-8-6-7-18(29)15-19/h4-10,12,14-15,23H,11,13,16-17H2,1-3H3/t23-/m0/s1. The summed E-state index contributed by atoms with van der Waals surface area (Å²) in [6.45, 7) is 6.30. The molecule has 8 heteroatoms. The highest BCUT2D eigenvalue weighted by Crippen LogP contribution is 2.34. The Morgan fingerprint density at radius 1 is 1.17 bits per heavy atom. The predicted octanol–water partition coefficient (Wildman–Crippen LogP) is 5.99. The predicted molar refractivity (Wildman–Crippen MR) is 137 cm³/mol. The molecule has 4 rings (SSSR count). The van der Waals surface area contributed by atoms with Crippen molar-refractivity contribution in [3.05, 3.63) is 86.8 Å². The van der Waals surface area contributed by atoms with E-state index in [9.17, 15) is 14.0 Å². The fraction of sp³-hybridized carbons (Fsp3) is 0.333. The van der Waals surface area contributed by atoms with Crippen molar-refractivity contribution in [1.29, 1.82) is 0 Å². The van der Waals surface area contributed by atoms with Crippen LogP contribution < -0.4 is 4.74 Å². The molecule has 0 aliphatic carbocycles. The van der Waals surface area contributed by atoms with Gasteiger partial charge in [-0.2, -0.15) is 0 Å². The number of carbonyl (C=O) groups is 2. The third kappa shape index (κ3) is 5.68. The van der Waals surface area contributed by atoms with E-state index in [1.807, 2.05) is 32.2 Å². The first-order chi connectivity index (χ1) is 16.6.